The number of amides is 1. The zero-order valence-electron chi connectivity index (χ0n) is 11.8. The number of hydrogen-bond acceptors (Lipinski definition) is 3. The number of ether oxygens (including phenoxy) is 1. The highest BCUT2D eigenvalue weighted by atomic mass is 16.5. The molecule has 0 aromatic heterocycles. The molecule has 106 valence electrons. The highest BCUT2D eigenvalue weighted by Gasteiger charge is 2.32. The maximum absolute atomic E-state index is 12.1. The van der Waals surface area contributed by atoms with E-state index in [1.165, 1.54) is 7.11 Å². The Morgan fingerprint density at radius 3 is 2.53 bits per heavy atom. The Bertz CT molecular complexity index is 388. The highest BCUT2D eigenvalue weighted by Crippen LogP contribution is 2.14. The Hall–Kier alpha value is -1.39. The third-order valence-electron chi connectivity index (χ3n) is 3.49. The first kappa shape index (κ1) is 15.7. The fourth-order valence-corrected chi connectivity index (χ4v) is 1.80. The summed E-state index contributed by atoms with van der Waals surface area (Å²) in [6.07, 6.45) is 1.19. The zero-order chi connectivity index (χ0) is 14.3. The molecule has 1 aromatic carbocycles. The first-order valence-electron chi connectivity index (χ1n) is 6.56. The molecule has 0 fully saturated rings. The number of rotatable bonds is 7. The average Bonchev–Trinajstić information content (AvgIpc) is 2.46. The third-order valence-corrected chi connectivity index (χ3v) is 3.49. The third kappa shape index (κ3) is 4.33. The van der Waals surface area contributed by atoms with E-state index in [2.05, 4.69) is 5.32 Å². The summed E-state index contributed by atoms with van der Waals surface area (Å²) in [5.74, 6) is -0.188. The lowest BCUT2D eigenvalue weighted by molar-refractivity contribution is -0.142. The molecule has 0 heterocycles. The van der Waals surface area contributed by atoms with Crippen molar-refractivity contribution in [3.63, 3.8) is 0 Å². The van der Waals surface area contributed by atoms with Crippen LogP contribution in [0.2, 0.25) is 0 Å². The molecule has 0 aliphatic rings. The highest BCUT2D eigenvalue weighted by molar-refractivity contribution is 5.85. The lowest BCUT2D eigenvalue weighted by Gasteiger charge is -2.28. The standard InChI is InChI=1S/C15H23NO3/c1-4-15(2,19-3)14(18)16-13(11-17)10-12-8-6-5-7-9-12/h5-9,13,17H,4,10-11H2,1-3H3,(H,16,18)/t13-,15?/m0/s1. The minimum atomic E-state index is -0.843. The summed E-state index contributed by atoms with van der Waals surface area (Å²) in [6, 6.07) is 9.48. The van der Waals surface area contributed by atoms with Gasteiger partial charge in [0, 0.05) is 7.11 Å². The first-order chi connectivity index (χ1) is 9.05. The molecule has 2 atom stereocenters. The fourth-order valence-electron chi connectivity index (χ4n) is 1.80. The molecule has 1 unspecified atom stereocenters. The number of aliphatic hydroxyl groups is 1. The van der Waals surface area contributed by atoms with E-state index in [4.69, 9.17) is 4.74 Å². The summed E-state index contributed by atoms with van der Waals surface area (Å²) in [6.45, 7) is 3.55. The number of methoxy groups -OCH3 is 1. The van der Waals surface area contributed by atoms with E-state index in [1.54, 1.807) is 6.92 Å². The predicted octanol–water partition coefficient (Wildman–Crippen LogP) is 1.52. The lowest BCUT2D eigenvalue weighted by atomic mass is 10.0. The van der Waals surface area contributed by atoms with E-state index in [9.17, 15) is 9.90 Å². The zero-order valence-corrected chi connectivity index (χ0v) is 11.8. The van der Waals surface area contributed by atoms with E-state index in [0.717, 1.165) is 5.56 Å². The molecule has 0 radical (unpaired) electrons. The van der Waals surface area contributed by atoms with E-state index >= 15 is 0 Å². The number of carbonyl (C=O) groups excluding carboxylic acids is 1. The molecule has 0 aliphatic carbocycles. The Balaban J connectivity index is 2.65. The van der Waals surface area contributed by atoms with Gasteiger partial charge in [-0.2, -0.15) is 0 Å². The molecule has 0 aliphatic heterocycles. The Labute approximate surface area is 114 Å². The van der Waals surface area contributed by atoms with Crippen LogP contribution >= 0.6 is 0 Å². The van der Waals surface area contributed by atoms with Crippen LogP contribution in [-0.4, -0.2) is 36.4 Å². The lowest BCUT2D eigenvalue weighted by Crippen LogP contribution is -2.51. The van der Waals surface area contributed by atoms with Crippen LogP contribution < -0.4 is 5.32 Å². The number of aliphatic hydroxyl groups excluding tert-OH is 1. The summed E-state index contributed by atoms with van der Waals surface area (Å²) in [5, 5.41) is 12.2. The molecule has 2 N–H and O–H groups in total. The summed E-state index contributed by atoms with van der Waals surface area (Å²) in [7, 11) is 1.52. The van der Waals surface area contributed by atoms with Crippen LogP contribution in [0.5, 0.6) is 0 Å². The number of hydrogen-bond donors (Lipinski definition) is 2. The van der Waals surface area contributed by atoms with Gasteiger partial charge in [-0.3, -0.25) is 4.79 Å². The van der Waals surface area contributed by atoms with Crippen LogP contribution in [0.15, 0.2) is 30.3 Å². The van der Waals surface area contributed by atoms with Gasteiger partial charge in [0.15, 0.2) is 0 Å². The minimum Gasteiger partial charge on any atom is -0.394 e. The van der Waals surface area contributed by atoms with E-state index in [-0.39, 0.29) is 18.6 Å². The van der Waals surface area contributed by atoms with Gasteiger partial charge < -0.3 is 15.2 Å². The van der Waals surface area contributed by atoms with Crippen molar-refractivity contribution in [1.82, 2.24) is 5.32 Å². The maximum Gasteiger partial charge on any atom is 0.252 e. The van der Waals surface area contributed by atoms with Crippen molar-refractivity contribution < 1.29 is 14.6 Å². The summed E-state index contributed by atoms with van der Waals surface area (Å²) >= 11 is 0. The normalized spacial score (nSPS) is 15.6. The SMILES string of the molecule is CCC(C)(OC)C(=O)N[C@H](CO)Cc1ccccc1. The maximum atomic E-state index is 12.1. The van der Waals surface area contributed by atoms with Crippen LogP contribution in [0.3, 0.4) is 0 Å². The average molecular weight is 265 g/mol. The molecule has 1 amide bonds. The van der Waals surface area contributed by atoms with E-state index in [1.807, 2.05) is 37.3 Å². The van der Waals surface area contributed by atoms with E-state index in [0.29, 0.717) is 12.8 Å². The largest absolute Gasteiger partial charge is 0.394 e. The summed E-state index contributed by atoms with van der Waals surface area (Å²) in [5.41, 5.74) is 0.238. The van der Waals surface area contributed by atoms with Crippen molar-refractivity contribution in [2.45, 2.75) is 38.3 Å². The Morgan fingerprint density at radius 2 is 2.05 bits per heavy atom. The molecular weight excluding hydrogens is 242 g/mol. The van der Waals surface area contributed by atoms with Gasteiger partial charge >= 0.3 is 0 Å². The number of nitrogens with one attached hydrogen (secondary N) is 1. The second-order valence-electron chi connectivity index (χ2n) is 4.83. The summed E-state index contributed by atoms with van der Waals surface area (Å²) in [4.78, 5) is 12.1. The van der Waals surface area contributed by atoms with Crippen molar-refractivity contribution >= 4 is 5.91 Å². The molecule has 0 bridgehead atoms. The van der Waals surface area contributed by atoms with Crippen molar-refractivity contribution in [3.8, 4) is 0 Å². The van der Waals surface area contributed by atoms with Crippen LogP contribution in [0.4, 0.5) is 0 Å². The van der Waals surface area contributed by atoms with Gasteiger partial charge in [-0.05, 0) is 25.3 Å². The first-order valence-corrected chi connectivity index (χ1v) is 6.56. The van der Waals surface area contributed by atoms with Crippen molar-refractivity contribution in [1.29, 1.82) is 0 Å². The quantitative estimate of drug-likeness (QED) is 0.786. The molecule has 0 saturated carbocycles. The van der Waals surface area contributed by atoms with Crippen LogP contribution in [0.25, 0.3) is 0 Å². The van der Waals surface area contributed by atoms with Gasteiger partial charge in [-0.15, -0.1) is 0 Å². The fraction of sp³-hybridized carbons (Fsp3) is 0.533. The van der Waals surface area contributed by atoms with Gasteiger partial charge in [-0.25, -0.2) is 0 Å². The molecule has 1 rings (SSSR count). The number of benzene rings is 1. The van der Waals surface area contributed by atoms with Gasteiger partial charge in [0.05, 0.1) is 12.6 Å². The smallest absolute Gasteiger partial charge is 0.252 e. The molecular formula is C15H23NO3. The molecule has 4 nitrogen and oxygen atoms in total. The second kappa shape index (κ2) is 7.26. The molecule has 4 heteroatoms. The number of carbonyl (C=O) groups is 1. The van der Waals surface area contributed by atoms with E-state index < -0.39 is 5.60 Å². The van der Waals surface area contributed by atoms with Gasteiger partial charge in [0.25, 0.3) is 5.91 Å². The molecule has 19 heavy (non-hydrogen) atoms. The monoisotopic (exact) mass is 265 g/mol. The Morgan fingerprint density at radius 1 is 1.42 bits per heavy atom. The summed E-state index contributed by atoms with van der Waals surface area (Å²) < 4.78 is 5.25. The predicted molar refractivity (Wildman–Crippen MR) is 74.9 cm³/mol. The second-order valence-corrected chi connectivity index (χ2v) is 4.83. The van der Waals surface area contributed by atoms with Crippen molar-refractivity contribution in [2.75, 3.05) is 13.7 Å². The molecule has 1 aromatic rings. The van der Waals surface area contributed by atoms with Crippen LogP contribution in [0.1, 0.15) is 25.8 Å². The molecule has 0 saturated heterocycles. The van der Waals surface area contributed by atoms with Crippen LogP contribution in [0, 0.1) is 0 Å². The van der Waals surface area contributed by atoms with Crippen LogP contribution in [-0.2, 0) is 16.0 Å². The van der Waals surface area contributed by atoms with Gasteiger partial charge in [0.2, 0.25) is 0 Å². The van der Waals surface area contributed by atoms with Crippen molar-refractivity contribution in [2.24, 2.45) is 0 Å². The molecule has 0 spiro atoms. The van der Waals surface area contributed by atoms with Crippen molar-refractivity contribution in [3.05, 3.63) is 35.9 Å². The minimum absolute atomic E-state index is 0.0931. The van der Waals surface area contributed by atoms with Gasteiger partial charge in [-0.1, -0.05) is 37.3 Å². The van der Waals surface area contributed by atoms with Gasteiger partial charge in [0.1, 0.15) is 5.60 Å². The topological polar surface area (TPSA) is 58.6 Å². The Kier molecular flexibility index (Phi) is 5.99.